The standard InChI is InChI=1S/C19H26O4/c1-13-3-7-15(8-4-13)16-11-21-19(22-12-16)18(20)23-17-9-5-14(2)6-10-17/h3-4,7-8,14,16-17,19H,5-6,9-12H2,1-2H3. The minimum atomic E-state index is -0.865. The van der Waals surface area contributed by atoms with Crippen molar-refractivity contribution < 1.29 is 19.0 Å². The number of ether oxygens (including phenoxy) is 3. The van der Waals surface area contributed by atoms with Gasteiger partial charge in [-0.2, -0.15) is 0 Å². The third-order valence-corrected chi connectivity index (χ3v) is 4.88. The van der Waals surface area contributed by atoms with Crippen LogP contribution in [0.4, 0.5) is 0 Å². The fraction of sp³-hybridized carbons (Fsp3) is 0.632. The van der Waals surface area contributed by atoms with E-state index in [1.807, 2.05) is 0 Å². The van der Waals surface area contributed by atoms with Gasteiger partial charge in [0.05, 0.1) is 13.2 Å². The Labute approximate surface area is 138 Å². The molecular formula is C19H26O4. The number of rotatable bonds is 3. The van der Waals surface area contributed by atoms with Gasteiger partial charge in [0.2, 0.25) is 0 Å². The molecule has 0 spiro atoms. The van der Waals surface area contributed by atoms with Crippen molar-refractivity contribution in [3.8, 4) is 0 Å². The van der Waals surface area contributed by atoms with E-state index in [0.29, 0.717) is 13.2 Å². The minimum Gasteiger partial charge on any atom is -0.459 e. The van der Waals surface area contributed by atoms with Crippen molar-refractivity contribution in [3.05, 3.63) is 35.4 Å². The molecule has 1 aromatic rings. The summed E-state index contributed by atoms with van der Waals surface area (Å²) in [6.07, 6.45) is 3.31. The van der Waals surface area contributed by atoms with Crippen LogP contribution in [0, 0.1) is 12.8 Å². The number of benzene rings is 1. The molecule has 1 heterocycles. The van der Waals surface area contributed by atoms with Crippen molar-refractivity contribution in [3.63, 3.8) is 0 Å². The number of carbonyl (C=O) groups excluding carboxylic acids is 1. The van der Waals surface area contributed by atoms with Crippen LogP contribution in [-0.2, 0) is 19.0 Å². The minimum absolute atomic E-state index is 0.0284. The first-order chi connectivity index (χ1) is 11.1. The second-order valence-corrected chi connectivity index (χ2v) is 6.92. The maximum atomic E-state index is 12.2. The van der Waals surface area contributed by atoms with Crippen molar-refractivity contribution in [1.82, 2.24) is 0 Å². The van der Waals surface area contributed by atoms with Crippen LogP contribution in [0.1, 0.15) is 49.7 Å². The highest BCUT2D eigenvalue weighted by atomic mass is 16.7. The Morgan fingerprint density at radius 2 is 1.65 bits per heavy atom. The largest absolute Gasteiger partial charge is 0.459 e. The van der Waals surface area contributed by atoms with Gasteiger partial charge in [0.25, 0.3) is 6.29 Å². The van der Waals surface area contributed by atoms with Crippen LogP contribution >= 0.6 is 0 Å². The molecule has 126 valence electrons. The molecule has 2 aliphatic rings. The van der Waals surface area contributed by atoms with Gasteiger partial charge in [0.1, 0.15) is 6.10 Å². The zero-order valence-electron chi connectivity index (χ0n) is 14.0. The molecule has 1 saturated heterocycles. The molecule has 4 heteroatoms. The van der Waals surface area contributed by atoms with Crippen molar-refractivity contribution in [1.29, 1.82) is 0 Å². The molecule has 1 saturated carbocycles. The quantitative estimate of drug-likeness (QED) is 0.799. The van der Waals surface area contributed by atoms with Crippen LogP contribution in [0.5, 0.6) is 0 Å². The van der Waals surface area contributed by atoms with E-state index >= 15 is 0 Å². The van der Waals surface area contributed by atoms with Crippen LogP contribution in [0.3, 0.4) is 0 Å². The second kappa shape index (κ2) is 7.45. The van der Waals surface area contributed by atoms with E-state index < -0.39 is 6.29 Å². The molecule has 1 aliphatic heterocycles. The summed E-state index contributed by atoms with van der Waals surface area (Å²) in [7, 11) is 0. The fourth-order valence-corrected chi connectivity index (χ4v) is 3.24. The lowest BCUT2D eigenvalue weighted by molar-refractivity contribution is -0.219. The molecule has 0 atom stereocenters. The summed E-state index contributed by atoms with van der Waals surface area (Å²) < 4.78 is 16.8. The number of aryl methyl sites for hydroxylation is 1. The van der Waals surface area contributed by atoms with E-state index in [-0.39, 0.29) is 18.0 Å². The summed E-state index contributed by atoms with van der Waals surface area (Å²) in [6.45, 7) is 5.29. The van der Waals surface area contributed by atoms with E-state index in [2.05, 4.69) is 38.1 Å². The summed E-state index contributed by atoms with van der Waals surface area (Å²) in [6, 6.07) is 8.35. The summed E-state index contributed by atoms with van der Waals surface area (Å²) in [5.41, 5.74) is 2.42. The molecule has 0 N–H and O–H groups in total. The summed E-state index contributed by atoms with van der Waals surface area (Å²) >= 11 is 0. The van der Waals surface area contributed by atoms with E-state index in [4.69, 9.17) is 14.2 Å². The molecule has 0 radical (unpaired) electrons. The average molecular weight is 318 g/mol. The Bertz CT molecular complexity index is 509. The van der Waals surface area contributed by atoms with Crippen LogP contribution in [-0.4, -0.2) is 31.6 Å². The third-order valence-electron chi connectivity index (χ3n) is 4.88. The van der Waals surface area contributed by atoms with E-state index in [1.165, 1.54) is 11.1 Å². The molecule has 23 heavy (non-hydrogen) atoms. The Morgan fingerprint density at radius 3 is 2.26 bits per heavy atom. The lowest BCUT2D eigenvalue weighted by Gasteiger charge is -2.31. The highest BCUT2D eigenvalue weighted by molar-refractivity contribution is 5.73. The third kappa shape index (κ3) is 4.33. The smallest absolute Gasteiger partial charge is 0.363 e. The van der Waals surface area contributed by atoms with Crippen molar-refractivity contribution >= 4 is 5.97 Å². The molecule has 2 fully saturated rings. The summed E-state index contributed by atoms with van der Waals surface area (Å²) in [4.78, 5) is 12.2. The predicted molar refractivity (Wildman–Crippen MR) is 87.1 cm³/mol. The van der Waals surface area contributed by atoms with Gasteiger partial charge in [-0.15, -0.1) is 0 Å². The van der Waals surface area contributed by atoms with Gasteiger partial charge < -0.3 is 14.2 Å². The van der Waals surface area contributed by atoms with E-state index in [1.54, 1.807) is 0 Å². The molecule has 0 unspecified atom stereocenters. The first-order valence-electron chi connectivity index (χ1n) is 8.62. The maximum absolute atomic E-state index is 12.2. The lowest BCUT2D eigenvalue weighted by Crippen LogP contribution is -2.39. The Morgan fingerprint density at radius 1 is 1.04 bits per heavy atom. The van der Waals surface area contributed by atoms with Crippen molar-refractivity contribution in [2.45, 2.75) is 57.8 Å². The molecule has 1 aromatic carbocycles. The molecule has 0 amide bonds. The first-order valence-corrected chi connectivity index (χ1v) is 8.62. The topological polar surface area (TPSA) is 44.8 Å². The Kier molecular flexibility index (Phi) is 5.34. The Hall–Kier alpha value is -1.39. The van der Waals surface area contributed by atoms with Gasteiger partial charge >= 0.3 is 5.97 Å². The predicted octanol–water partition coefficient (Wildman–Crippen LogP) is 3.57. The van der Waals surface area contributed by atoms with E-state index in [0.717, 1.165) is 31.6 Å². The molecule has 1 aliphatic carbocycles. The van der Waals surface area contributed by atoms with Gasteiger partial charge in [-0.05, 0) is 44.1 Å². The van der Waals surface area contributed by atoms with E-state index in [9.17, 15) is 4.79 Å². The second-order valence-electron chi connectivity index (χ2n) is 6.92. The normalized spacial score (nSPS) is 31.6. The SMILES string of the molecule is Cc1ccc(C2COC(C(=O)OC3CCC(C)CC3)OC2)cc1. The molecule has 0 bridgehead atoms. The first kappa shape index (κ1) is 16.5. The van der Waals surface area contributed by atoms with Crippen molar-refractivity contribution in [2.24, 2.45) is 5.92 Å². The number of esters is 1. The van der Waals surface area contributed by atoms with Gasteiger partial charge in [0, 0.05) is 5.92 Å². The molecular weight excluding hydrogens is 292 g/mol. The van der Waals surface area contributed by atoms with Gasteiger partial charge in [-0.3, -0.25) is 0 Å². The highest BCUT2D eigenvalue weighted by Gasteiger charge is 2.32. The number of hydrogen-bond donors (Lipinski definition) is 0. The Balaban J connectivity index is 1.46. The van der Waals surface area contributed by atoms with Crippen molar-refractivity contribution in [2.75, 3.05) is 13.2 Å². The lowest BCUT2D eigenvalue weighted by atomic mass is 9.89. The monoisotopic (exact) mass is 318 g/mol. The summed E-state index contributed by atoms with van der Waals surface area (Å²) in [5.74, 6) is 0.546. The number of hydrogen-bond acceptors (Lipinski definition) is 4. The van der Waals surface area contributed by atoms with Gasteiger partial charge in [-0.1, -0.05) is 36.8 Å². The fourth-order valence-electron chi connectivity index (χ4n) is 3.24. The zero-order chi connectivity index (χ0) is 16.2. The molecule has 0 aromatic heterocycles. The zero-order valence-corrected chi connectivity index (χ0v) is 14.0. The van der Waals surface area contributed by atoms with Gasteiger partial charge in [0.15, 0.2) is 0 Å². The van der Waals surface area contributed by atoms with Crippen LogP contribution in [0.15, 0.2) is 24.3 Å². The van der Waals surface area contributed by atoms with Crippen LogP contribution < -0.4 is 0 Å². The molecule has 3 rings (SSSR count). The highest BCUT2D eigenvalue weighted by Crippen LogP contribution is 2.27. The van der Waals surface area contributed by atoms with Crippen LogP contribution in [0.2, 0.25) is 0 Å². The maximum Gasteiger partial charge on any atom is 0.363 e. The van der Waals surface area contributed by atoms with Gasteiger partial charge in [-0.25, -0.2) is 4.79 Å². The molecule has 4 nitrogen and oxygen atoms in total. The summed E-state index contributed by atoms with van der Waals surface area (Å²) in [5, 5.41) is 0. The van der Waals surface area contributed by atoms with Crippen LogP contribution in [0.25, 0.3) is 0 Å². The average Bonchev–Trinajstić information content (AvgIpc) is 2.58. The number of carbonyl (C=O) groups is 1.